The van der Waals surface area contributed by atoms with Crippen LogP contribution in [0.2, 0.25) is 5.02 Å². The van der Waals surface area contributed by atoms with E-state index >= 15 is 0 Å². The number of nitrogens with one attached hydrogen (secondary N) is 1. The van der Waals surface area contributed by atoms with Crippen molar-refractivity contribution >= 4 is 28.9 Å². The molecule has 3 heterocycles. The number of aromatic nitrogens is 1. The summed E-state index contributed by atoms with van der Waals surface area (Å²) in [6, 6.07) is 15.7. The van der Waals surface area contributed by atoms with Gasteiger partial charge in [0.1, 0.15) is 17.6 Å². The van der Waals surface area contributed by atoms with E-state index in [9.17, 15) is 0 Å². The molecule has 4 nitrogen and oxygen atoms in total. The molecule has 2 unspecified atom stereocenters. The predicted octanol–water partition coefficient (Wildman–Crippen LogP) is 5.30. The molecule has 1 fully saturated rings. The number of hydrogen-bond donors (Lipinski definition) is 1. The van der Waals surface area contributed by atoms with E-state index in [2.05, 4.69) is 22.1 Å². The summed E-state index contributed by atoms with van der Waals surface area (Å²) in [5.74, 6) is 1.66. The van der Waals surface area contributed by atoms with Crippen molar-refractivity contribution in [3.63, 3.8) is 0 Å². The topological polar surface area (TPSA) is 41.3 Å². The fourth-order valence-electron chi connectivity index (χ4n) is 3.59. The second kappa shape index (κ2) is 7.33. The number of benzene rings is 1. The lowest BCUT2D eigenvalue weighted by Crippen LogP contribution is -2.29. The summed E-state index contributed by atoms with van der Waals surface area (Å²) in [6.07, 6.45) is 1.80. The summed E-state index contributed by atoms with van der Waals surface area (Å²) >= 11 is 11.8. The molecular formula is C21H20ClN3OS. The van der Waals surface area contributed by atoms with E-state index < -0.39 is 0 Å². The molecule has 1 aromatic carbocycles. The first-order valence-electron chi connectivity index (χ1n) is 8.93. The monoisotopic (exact) mass is 397 g/mol. The summed E-state index contributed by atoms with van der Waals surface area (Å²) in [5, 5.41) is 4.85. The van der Waals surface area contributed by atoms with E-state index in [1.165, 1.54) is 0 Å². The predicted molar refractivity (Wildman–Crippen MR) is 112 cm³/mol. The van der Waals surface area contributed by atoms with E-state index in [1.807, 2.05) is 55.5 Å². The van der Waals surface area contributed by atoms with Gasteiger partial charge in [-0.05, 0) is 62.0 Å². The van der Waals surface area contributed by atoms with Crippen molar-refractivity contribution < 1.29 is 4.42 Å². The summed E-state index contributed by atoms with van der Waals surface area (Å²) in [7, 11) is 0. The average Bonchev–Trinajstić information content (AvgIpc) is 3.28. The standard InChI is InChI=1S/C21H20ClN3OS/c1-3-25-20(19(24-21(25)27)16-9-4-5-12-23-16)18-11-10-17(26-18)14-7-6-8-15(22)13(14)2/h4-12,19-20H,3H2,1-2H3,(H,24,27). The van der Waals surface area contributed by atoms with E-state index in [-0.39, 0.29) is 12.1 Å². The fraction of sp³-hybridized carbons (Fsp3) is 0.238. The second-order valence-corrected chi connectivity index (χ2v) is 7.32. The molecule has 1 saturated heterocycles. The van der Waals surface area contributed by atoms with Crippen LogP contribution in [0.15, 0.2) is 59.1 Å². The molecule has 2 aromatic heterocycles. The van der Waals surface area contributed by atoms with Crippen LogP contribution in [-0.4, -0.2) is 21.5 Å². The molecule has 0 radical (unpaired) electrons. The molecule has 0 amide bonds. The van der Waals surface area contributed by atoms with Gasteiger partial charge in [0.2, 0.25) is 0 Å². The molecule has 4 rings (SSSR count). The minimum absolute atomic E-state index is 0.0503. The number of pyridine rings is 1. The highest BCUT2D eigenvalue weighted by Gasteiger charge is 2.40. The summed E-state index contributed by atoms with van der Waals surface area (Å²) in [5.41, 5.74) is 2.95. The molecule has 1 aliphatic rings. The molecule has 0 saturated carbocycles. The SMILES string of the molecule is CCN1C(=S)NC(c2ccccn2)C1c1ccc(-c2cccc(Cl)c2C)o1. The van der Waals surface area contributed by atoms with Gasteiger partial charge in [0.25, 0.3) is 0 Å². The Labute approximate surface area is 169 Å². The Balaban J connectivity index is 1.75. The Hall–Kier alpha value is -2.37. The Bertz CT molecular complexity index is 973. The molecule has 6 heteroatoms. The van der Waals surface area contributed by atoms with Crippen LogP contribution in [0.1, 0.15) is 36.0 Å². The van der Waals surface area contributed by atoms with Crippen molar-refractivity contribution in [1.29, 1.82) is 0 Å². The van der Waals surface area contributed by atoms with Gasteiger partial charge in [-0.1, -0.05) is 29.8 Å². The van der Waals surface area contributed by atoms with E-state index in [4.69, 9.17) is 28.2 Å². The van der Waals surface area contributed by atoms with Crippen molar-refractivity contribution in [3.8, 4) is 11.3 Å². The maximum absolute atomic E-state index is 6.29. The molecule has 0 bridgehead atoms. The number of furan rings is 1. The quantitative estimate of drug-likeness (QED) is 0.605. The summed E-state index contributed by atoms with van der Waals surface area (Å²) in [4.78, 5) is 6.66. The highest BCUT2D eigenvalue weighted by Crippen LogP contribution is 2.40. The Morgan fingerprint density at radius 2 is 2.04 bits per heavy atom. The molecule has 27 heavy (non-hydrogen) atoms. The van der Waals surface area contributed by atoms with Crippen LogP contribution in [0.5, 0.6) is 0 Å². The average molecular weight is 398 g/mol. The van der Waals surface area contributed by atoms with Crippen molar-refractivity contribution in [1.82, 2.24) is 15.2 Å². The van der Waals surface area contributed by atoms with Gasteiger partial charge in [-0.25, -0.2) is 0 Å². The Kier molecular flexibility index (Phi) is 4.89. The van der Waals surface area contributed by atoms with E-state index in [1.54, 1.807) is 6.20 Å². The van der Waals surface area contributed by atoms with E-state index in [0.29, 0.717) is 0 Å². The molecule has 1 aliphatic heterocycles. The van der Waals surface area contributed by atoms with Gasteiger partial charge in [0.05, 0.1) is 11.7 Å². The van der Waals surface area contributed by atoms with Gasteiger partial charge >= 0.3 is 0 Å². The van der Waals surface area contributed by atoms with Gasteiger partial charge in [-0.3, -0.25) is 4.98 Å². The van der Waals surface area contributed by atoms with Crippen LogP contribution in [0.25, 0.3) is 11.3 Å². The number of nitrogens with zero attached hydrogens (tertiary/aromatic N) is 2. The molecule has 1 N–H and O–H groups in total. The van der Waals surface area contributed by atoms with Crippen LogP contribution >= 0.6 is 23.8 Å². The Morgan fingerprint density at radius 3 is 2.78 bits per heavy atom. The third-order valence-corrected chi connectivity index (χ3v) is 5.75. The zero-order valence-electron chi connectivity index (χ0n) is 15.1. The lowest BCUT2D eigenvalue weighted by molar-refractivity contribution is 0.284. The molecule has 0 spiro atoms. The van der Waals surface area contributed by atoms with Crippen molar-refractivity contribution in [2.75, 3.05) is 6.54 Å². The van der Waals surface area contributed by atoms with Crippen molar-refractivity contribution in [2.45, 2.75) is 25.9 Å². The molecule has 0 aliphatic carbocycles. The fourth-order valence-corrected chi connectivity index (χ4v) is 4.13. The maximum Gasteiger partial charge on any atom is 0.170 e. The van der Waals surface area contributed by atoms with Gasteiger partial charge in [-0.2, -0.15) is 0 Å². The van der Waals surface area contributed by atoms with Crippen LogP contribution in [-0.2, 0) is 0 Å². The normalized spacial score (nSPS) is 19.4. The highest BCUT2D eigenvalue weighted by atomic mass is 35.5. The Morgan fingerprint density at radius 1 is 1.19 bits per heavy atom. The first kappa shape index (κ1) is 18.0. The third kappa shape index (κ3) is 3.22. The largest absolute Gasteiger partial charge is 0.459 e. The lowest BCUT2D eigenvalue weighted by Gasteiger charge is -2.24. The molecular weight excluding hydrogens is 378 g/mol. The first-order valence-corrected chi connectivity index (χ1v) is 9.72. The summed E-state index contributed by atoms with van der Waals surface area (Å²) < 4.78 is 6.29. The van der Waals surface area contributed by atoms with Gasteiger partial charge in [0.15, 0.2) is 5.11 Å². The number of thiocarbonyl (C=S) groups is 1. The molecule has 138 valence electrons. The first-order chi connectivity index (χ1) is 13.1. The second-order valence-electron chi connectivity index (χ2n) is 6.53. The van der Waals surface area contributed by atoms with Crippen LogP contribution in [0.4, 0.5) is 0 Å². The van der Waals surface area contributed by atoms with Gasteiger partial charge in [0, 0.05) is 23.3 Å². The third-order valence-electron chi connectivity index (χ3n) is 4.99. The van der Waals surface area contributed by atoms with Crippen LogP contribution in [0, 0.1) is 6.92 Å². The lowest BCUT2D eigenvalue weighted by atomic mass is 10.0. The van der Waals surface area contributed by atoms with Crippen molar-refractivity contribution in [2.24, 2.45) is 0 Å². The minimum atomic E-state index is -0.0573. The number of hydrogen-bond acceptors (Lipinski definition) is 3. The highest BCUT2D eigenvalue weighted by molar-refractivity contribution is 7.80. The smallest absolute Gasteiger partial charge is 0.170 e. The molecule has 3 aromatic rings. The zero-order chi connectivity index (χ0) is 19.0. The van der Waals surface area contributed by atoms with Gasteiger partial charge in [-0.15, -0.1) is 0 Å². The maximum atomic E-state index is 6.29. The molecule has 2 atom stereocenters. The van der Waals surface area contributed by atoms with E-state index in [0.717, 1.165) is 45.0 Å². The summed E-state index contributed by atoms with van der Waals surface area (Å²) in [6.45, 7) is 4.87. The van der Waals surface area contributed by atoms with Crippen molar-refractivity contribution in [3.05, 3.63) is 76.8 Å². The zero-order valence-corrected chi connectivity index (χ0v) is 16.7. The minimum Gasteiger partial charge on any atom is -0.459 e. The number of rotatable bonds is 4. The van der Waals surface area contributed by atoms with Crippen LogP contribution in [0.3, 0.4) is 0 Å². The number of halogens is 1. The number of likely N-dealkylation sites (N-methyl/N-ethyl adjacent to an activating group) is 1. The van der Waals surface area contributed by atoms with Crippen LogP contribution < -0.4 is 5.32 Å². The van der Waals surface area contributed by atoms with Gasteiger partial charge < -0.3 is 14.6 Å².